The van der Waals surface area contributed by atoms with Crippen LogP contribution >= 0.6 is 0 Å². The number of hydrogen-bond acceptors (Lipinski definition) is 12. The second kappa shape index (κ2) is 32.5. The van der Waals surface area contributed by atoms with Crippen molar-refractivity contribution in [2.24, 2.45) is 0 Å². The molecule has 0 spiro atoms. The first-order chi connectivity index (χ1) is 46.0. The maximum absolute atomic E-state index is 6.48. The van der Waals surface area contributed by atoms with Gasteiger partial charge in [0.15, 0.2) is 0 Å². The highest BCUT2D eigenvalue weighted by molar-refractivity contribution is 5.53. The topological polar surface area (TPSA) is 74.8 Å². The molecule has 0 aliphatic carbocycles. The van der Waals surface area contributed by atoms with Crippen LogP contribution in [0.1, 0.15) is 202 Å². The van der Waals surface area contributed by atoms with Crippen molar-refractivity contribution in [1.82, 2.24) is 29.4 Å². The SMILES string of the molecule is COc1cccc([C@@H]2CN3CCC[C@H]3c3cc(OCCCN4CCCCC4)ccc32)c1.COc1cccc([C@@H]2CN3CCC[C@H]3c3cccc(OCCCN4CCCCC4)c32)c1.COc1cccc([C@H]2CN3CCC[C@H]3c3cc(OCCCN4CCCCC4)ccc32)c1. The summed E-state index contributed by atoms with van der Waals surface area (Å²) in [5.74, 6) is 7.11. The van der Waals surface area contributed by atoms with Gasteiger partial charge in [-0.3, -0.25) is 14.7 Å². The minimum absolute atomic E-state index is 0.331. The summed E-state index contributed by atoms with van der Waals surface area (Å²) >= 11 is 0. The number of fused-ring (bicyclic) bond motifs is 9. The fraction of sp³-hybridized carbons (Fsp3) is 0.556. The van der Waals surface area contributed by atoms with Crippen molar-refractivity contribution in [3.05, 3.63) is 177 Å². The average molecular weight is 1260 g/mol. The molecular formula is C81H108N6O6. The lowest BCUT2D eigenvalue weighted by molar-refractivity contribution is 0.200. The van der Waals surface area contributed by atoms with Gasteiger partial charge < -0.3 is 43.1 Å². The summed E-state index contributed by atoms with van der Waals surface area (Å²) in [6.07, 6.45) is 23.3. The molecule has 0 unspecified atom stereocenters. The van der Waals surface area contributed by atoms with E-state index in [1.54, 1.807) is 21.3 Å². The highest BCUT2D eigenvalue weighted by Gasteiger charge is 2.40. The van der Waals surface area contributed by atoms with Gasteiger partial charge in [-0.2, -0.15) is 0 Å². The van der Waals surface area contributed by atoms with Crippen molar-refractivity contribution in [2.75, 3.05) is 139 Å². The van der Waals surface area contributed by atoms with E-state index in [1.807, 2.05) is 18.2 Å². The fourth-order valence-corrected chi connectivity index (χ4v) is 17.4. The minimum Gasteiger partial charge on any atom is -0.497 e. The van der Waals surface area contributed by atoms with E-state index >= 15 is 0 Å². The molecule has 6 fully saturated rings. The van der Waals surface area contributed by atoms with Crippen LogP contribution in [0.3, 0.4) is 0 Å². The zero-order valence-corrected chi connectivity index (χ0v) is 56.7. The minimum atomic E-state index is 0.331. The first-order valence-corrected chi connectivity index (χ1v) is 36.6. The summed E-state index contributed by atoms with van der Waals surface area (Å²) in [6, 6.07) is 47.9. The molecule has 12 heteroatoms. The summed E-state index contributed by atoms with van der Waals surface area (Å²) < 4.78 is 35.5. The summed E-state index contributed by atoms with van der Waals surface area (Å²) in [6.45, 7) is 20.4. The Kier molecular flexibility index (Phi) is 22.9. The number of methoxy groups -OCH3 is 3. The Morgan fingerprint density at radius 1 is 0.323 bits per heavy atom. The summed E-state index contributed by atoms with van der Waals surface area (Å²) in [5, 5.41) is 0. The molecule has 0 aromatic heterocycles. The third-order valence-corrected chi connectivity index (χ3v) is 22.2. The van der Waals surface area contributed by atoms with Gasteiger partial charge in [-0.05, 0) is 266 Å². The van der Waals surface area contributed by atoms with E-state index in [1.165, 1.54) is 218 Å². The Hall–Kier alpha value is -6.12. The van der Waals surface area contributed by atoms with Crippen LogP contribution in [0.4, 0.5) is 0 Å². The van der Waals surface area contributed by atoms with E-state index in [0.29, 0.717) is 35.9 Å². The molecule has 498 valence electrons. The normalized spacial score (nSPS) is 23.9. The Labute approximate surface area is 557 Å². The van der Waals surface area contributed by atoms with Gasteiger partial charge in [0.25, 0.3) is 0 Å². The zero-order valence-electron chi connectivity index (χ0n) is 56.7. The van der Waals surface area contributed by atoms with Gasteiger partial charge >= 0.3 is 0 Å². The van der Waals surface area contributed by atoms with Crippen LogP contribution in [-0.4, -0.2) is 169 Å². The van der Waals surface area contributed by atoms with Crippen LogP contribution < -0.4 is 28.4 Å². The van der Waals surface area contributed by atoms with E-state index in [4.69, 9.17) is 28.4 Å². The predicted octanol–water partition coefficient (Wildman–Crippen LogP) is 15.7. The van der Waals surface area contributed by atoms with Gasteiger partial charge in [0.05, 0.1) is 41.2 Å². The molecule has 0 bridgehead atoms. The molecule has 9 aliphatic rings. The van der Waals surface area contributed by atoms with Crippen LogP contribution in [0.5, 0.6) is 34.5 Å². The Balaban J connectivity index is 0.000000127. The number of hydrogen-bond donors (Lipinski definition) is 0. The van der Waals surface area contributed by atoms with E-state index in [2.05, 4.69) is 139 Å². The molecule has 0 saturated carbocycles. The molecule has 93 heavy (non-hydrogen) atoms. The molecule has 6 aromatic carbocycles. The van der Waals surface area contributed by atoms with Crippen molar-refractivity contribution in [1.29, 1.82) is 0 Å². The van der Waals surface area contributed by atoms with Gasteiger partial charge in [0.1, 0.15) is 34.5 Å². The highest BCUT2D eigenvalue weighted by Crippen LogP contribution is 2.50. The van der Waals surface area contributed by atoms with Crippen LogP contribution in [0.25, 0.3) is 0 Å². The molecule has 0 amide bonds. The quantitative estimate of drug-likeness (QED) is 0.0644. The van der Waals surface area contributed by atoms with Crippen LogP contribution in [0.2, 0.25) is 0 Å². The van der Waals surface area contributed by atoms with Gasteiger partial charge in [-0.25, -0.2) is 0 Å². The van der Waals surface area contributed by atoms with E-state index < -0.39 is 0 Å². The number of nitrogens with zero attached hydrogens (tertiary/aromatic N) is 6. The van der Waals surface area contributed by atoms with Crippen LogP contribution in [0, 0.1) is 0 Å². The molecule has 9 aliphatic heterocycles. The largest absolute Gasteiger partial charge is 0.497 e. The van der Waals surface area contributed by atoms with Crippen molar-refractivity contribution in [2.45, 2.75) is 151 Å². The molecule has 12 nitrogen and oxygen atoms in total. The van der Waals surface area contributed by atoms with Crippen molar-refractivity contribution < 1.29 is 28.4 Å². The third kappa shape index (κ3) is 16.2. The first-order valence-electron chi connectivity index (χ1n) is 36.6. The Morgan fingerprint density at radius 2 is 0.699 bits per heavy atom. The molecule has 6 atom stereocenters. The van der Waals surface area contributed by atoms with Crippen molar-refractivity contribution in [3.8, 4) is 34.5 Å². The number of piperidine rings is 3. The first kappa shape index (κ1) is 65.5. The Morgan fingerprint density at radius 3 is 1.12 bits per heavy atom. The predicted molar refractivity (Wildman–Crippen MR) is 376 cm³/mol. The number of ether oxygens (including phenoxy) is 6. The van der Waals surface area contributed by atoms with Gasteiger partial charge in [0, 0.05) is 80.7 Å². The third-order valence-electron chi connectivity index (χ3n) is 22.2. The Bertz CT molecular complexity index is 3160. The van der Waals surface area contributed by atoms with E-state index in [-0.39, 0.29) is 0 Å². The molecule has 15 rings (SSSR count). The van der Waals surface area contributed by atoms with Crippen LogP contribution in [0.15, 0.2) is 127 Å². The summed E-state index contributed by atoms with van der Waals surface area (Å²) in [7, 11) is 5.25. The zero-order chi connectivity index (χ0) is 63.1. The maximum atomic E-state index is 6.48. The van der Waals surface area contributed by atoms with E-state index in [0.717, 1.165) is 99.8 Å². The molecular weight excluding hydrogens is 1150 g/mol. The lowest BCUT2D eigenvalue weighted by atomic mass is 9.81. The lowest BCUT2D eigenvalue weighted by Crippen LogP contribution is -2.35. The number of rotatable bonds is 21. The summed E-state index contributed by atoms with van der Waals surface area (Å²) in [4.78, 5) is 15.8. The fourth-order valence-electron chi connectivity index (χ4n) is 17.4. The second-order valence-electron chi connectivity index (χ2n) is 28.1. The van der Waals surface area contributed by atoms with Crippen molar-refractivity contribution >= 4 is 0 Å². The van der Waals surface area contributed by atoms with Crippen molar-refractivity contribution in [3.63, 3.8) is 0 Å². The molecule has 6 saturated heterocycles. The van der Waals surface area contributed by atoms with Crippen LogP contribution in [-0.2, 0) is 0 Å². The smallest absolute Gasteiger partial charge is 0.123 e. The highest BCUT2D eigenvalue weighted by atomic mass is 16.5. The number of likely N-dealkylation sites (tertiary alicyclic amines) is 3. The van der Waals surface area contributed by atoms with E-state index in [9.17, 15) is 0 Å². The molecule has 0 N–H and O–H groups in total. The van der Waals surface area contributed by atoms with Gasteiger partial charge in [-0.1, -0.05) is 79.9 Å². The molecule has 6 aromatic rings. The monoisotopic (exact) mass is 1260 g/mol. The summed E-state index contributed by atoms with van der Waals surface area (Å²) in [5.41, 5.74) is 12.8. The average Bonchev–Trinajstić information content (AvgIpc) is 1.79. The van der Waals surface area contributed by atoms with Gasteiger partial charge in [-0.15, -0.1) is 0 Å². The molecule has 0 radical (unpaired) electrons. The second-order valence-corrected chi connectivity index (χ2v) is 28.1. The van der Waals surface area contributed by atoms with Gasteiger partial charge in [0.2, 0.25) is 0 Å². The maximum Gasteiger partial charge on any atom is 0.123 e. The molecule has 9 heterocycles. The number of benzene rings is 6. The lowest BCUT2D eigenvalue weighted by Gasteiger charge is -2.38. The standard InChI is InChI=1S/3C27H36N2O2/c1-30-22-10-5-9-21(19-22)24-20-29-17-7-12-25(29)23-11-6-13-26(27(23)24)31-18-8-16-28-14-3-2-4-15-28;2*1-30-22-9-5-8-21(18-22)26-20-29-16-6-10-27(29)25-19-23(11-12-24(25)26)31-17-7-15-28-13-3-2-4-14-28/h5-6,9-11,13,19,24-25H,2-4,7-8,12,14-18,20H2,1H3;2*5,8-9,11-12,18-19,26-27H,2-4,6-7,10,13-17,20H2,1H3/t24-,25-;26-,27+;26-,27-/m010/s1.